The predicted octanol–water partition coefficient (Wildman–Crippen LogP) is 3.54. The number of nitriles is 1. The van der Waals surface area contributed by atoms with Crippen LogP contribution in [0.3, 0.4) is 0 Å². The van der Waals surface area contributed by atoms with Gasteiger partial charge in [0, 0.05) is 11.0 Å². The van der Waals surface area contributed by atoms with Gasteiger partial charge < -0.3 is 15.2 Å². The molecule has 5 heteroatoms. The molecule has 4 nitrogen and oxygen atoms in total. The third-order valence-corrected chi connectivity index (χ3v) is 3.50. The first-order valence-corrected chi connectivity index (χ1v) is 7.94. The van der Waals surface area contributed by atoms with Crippen molar-refractivity contribution < 1.29 is 9.84 Å². The molecule has 0 saturated heterocycles. The van der Waals surface area contributed by atoms with Gasteiger partial charge in [-0.3, -0.25) is 0 Å². The van der Waals surface area contributed by atoms with Crippen LogP contribution >= 0.6 is 15.9 Å². The lowest BCUT2D eigenvalue weighted by molar-refractivity contribution is -0.00443. The average molecular weight is 355 g/mol. The van der Waals surface area contributed by atoms with Crippen molar-refractivity contribution in [2.45, 2.75) is 39.4 Å². The second-order valence-corrected chi connectivity index (χ2v) is 6.53. The maximum absolute atomic E-state index is 9.94. The van der Waals surface area contributed by atoms with Crippen LogP contribution in [0.4, 0.5) is 5.69 Å². The first kappa shape index (κ1) is 18.0. The normalized spacial score (nSPS) is 13.8. The number of nitrogens with zero attached hydrogens (tertiary/aromatic N) is 1. The fourth-order valence-corrected chi connectivity index (χ4v) is 2.42. The molecule has 21 heavy (non-hydrogen) atoms. The Hall–Kier alpha value is -1.09. The first-order valence-electron chi connectivity index (χ1n) is 7.15. The van der Waals surface area contributed by atoms with Gasteiger partial charge in [-0.05, 0) is 37.5 Å². The summed E-state index contributed by atoms with van der Waals surface area (Å²) >= 11 is 3.37. The molecule has 0 aromatic heterocycles. The van der Waals surface area contributed by atoms with Gasteiger partial charge in [-0.2, -0.15) is 5.26 Å². The zero-order chi connectivity index (χ0) is 15.8. The average Bonchev–Trinajstić information content (AvgIpc) is 2.42. The van der Waals surface area contributed by atoms with Crippen molar-refractivity contribution >= 4 is 21.6 Å². The Morgan fingerprint density at radius 1 is 1.38 bits per heavy atom. The Morgan fingerprint density at radius 3 is 2.71 bits per heavy atom. The molecule has 2 N–H and O–H groups in total. The number of rotatable bonds is 8. The molecule has 0 amide bonds. The molecule has 0 spiro atoms. The molecule has 2 atom stereocenters. The van der Waals surface area contributed by atoms with E-state index in [-0.39, 0.29) is 12.7 Å². The van der Waals surface area contributed by atoms with Crippen LogP contribution < -0.4 is 5.32 Å². The SMILES string of the molecule is CC(C)CC(C)OCC(O)CNc1cc(Br)ccc1C#N. The molecule has 0 aliphatic rings. The highest BCUT2D eigenvalue weighted by atomic mass is 79.9. The zero-order valence-corrected chi connectivity index (χ0v) is 14.4. The summed E-state index contributed by atoms with van der Waals surface area (Å²) in [5, 5.41) is 22.1. The largest absolute Gasteiger partial charge is 0.389 e. The standard InChI is InChI=1S/C16H23BrN2O2/c1-11(2)6-12(3)21-10-15(20)9-19-16-7-14(17)5-4-13(16)8-18/h4-5,7,11-12,15,19-20H,6,9-10H2,1-3H3. The molecule has 0 aliphatic heterocycles. The lowest BCUT2D eigenvalue weighted by atomic mass is 10.1. The van der Waals surface area contributed by atoms with Crippen LogP contribution in [-0.2, 0) is 4.74 Å². The molecular formula is C16H23BrN2O2. The Morgan fingerprint density at radius 2 is 2.10 bits per heavy atom. The Labute approximate surface area is 135 Å². The predicted molar refractivity (Wildman–Crippen MR) is 88.2 cm³/mol. The number of halogens is 1. The van der Waals surface area contributed by atoms with Gasteiger partial charge in [0.25, 0.3) is 0 Å². The summed E-state index contributed by atoms with van der Waals surface area (Å²) in [7, 11) is 0. The lowest BCUT2D eigenvalue weighted by Crippen LogP contribution is -2.27. The second-order valence-electron chi connectivity index (χ2n) is 5.61. The van der Waals surface area contributed by atoms with Crippen molar-refractivity contribution in [3.05, 3.63) is 28.2 Å². The van der Waals surface area contributed by atoms with Gasteiger partial charge in [-0.15, -0.1) is 0 Å². The van der Waals surface area contributed by atoms with Crippen molar-refractivity contribution in [3.63, 3.8) is 0 Å². The van der Waals surface area contributed by atoms with Crippen LogP contribution in [0.2, 0.25) is 0 Å². The fourth-order valence-electron chi connectivity index (χ4n) is 2.05. The monoisotopic (exact) mass is 354 g/mol. The number of aliphatic hydroxyl groups is 1. The quantitative estimate of drug-likeness (QED) is 0.749. The van der Waals surface area contributed by atoms with E-state index in [0.717, 1.165) is 10.9 Å². The molecule has 0 radical (unpaired) electrons. The van der Waals surface area contributed by atoms with Gasteiger partial charge in [-0.25, -0.2) is 0 Å². The van der Waals surface area contributed by atoms with Crippen molar-refractivity contribution in [1.29, 1.82) is 5.26 Å². The summed E-state index contributed by atoms with van der Waals surface area (Å²) in [6.07, 6.45) is 0.509. The van der Waals surface area contributed by atoms with Crippen molar-refractivity contribution in [2.24, 2.45) is 5.92 Å². The van der Waals surface area contributed by atoms with E-state index in [1.165, 1.54) is 0 Å². The van der Waals surface area contributed by atoms with Crippen LogP contribution in [0.1, 0.15) is 32.8 Å². The minimum absolute atomic E-state index is 0.139. The minimum atomic E-state index is -0.606. The van der Waals surface area contributed by atoms with E-state index in [0.29, 0.717) is 23.7 Å². The van der Waals surface area contributed by atoms with Gasteiger partial charge in [0.15, 0.2) is 0 Å². The van der Waals surface area contributed by atoms with Crippen LogP contribution in [0, 0.1) is 17.2 Å². The molecular weight excluding hydrogens is 332 g/mol. The summed E-state index contributed by atoms with van der Waals surface area (Å²) in [4.78, 5) is 0. The summed E-state index contributed by atoms with van der Waals surface area (Å²) in [6.45, 7) is 6.95. The molecule has 0 fully saturated rings. The van der Waals surface area contributed by atoms with Crippen LogP contribution in [0.5, 0.6) is 0 Å². The van der Waals surface area contributed by atoms with E-state index in [9.17, 15) is 5.11 Å². The summed E-state index contributed by atoms with van der Waals surface area (Å²) in [5.74, 6) is 0.579. The Kier molecular flexibility index (Phi) is 7.73. The number of aliphatic hydroxyl groups excluding tert-OH is 1. The molecule has 2 unspecified atom stereocenters. The van der Waals surface area contributed by atoms with Gasteiger partial charge >= 0.3 is 0 Å². The minimum Gasteiger partial charge on any atom is -0.389 e. The van der Waals surface area contributed by atoms with E-state index in [1.54, 1.807) is 6.07 Å². The molecule has 1 aromatic carbocycles. The summed E-state index contributed by atoms with van der Waals surface area (Å²) < 4.78 is 6.51. The summed E-state index contributed by atoms with van der Waals surface area (Å²) in [5.41, 5.74) is 1.26. The number of hydrogen-bond acceptors (Lipinski definition) is 4. The van der Waals surface area contributed by atoms with Gasteiger partial charge in [0.05, 0.1) is 30.1 Å². The maximum Gasteiger partial charge on any atom is 0.101 e. The van der Waals surface area contributed by atoms with Gasteiger partial charge in [0.2, 0.25) is 0 Å². The van der Waals surface area contributed by atoms with Crippen molar-refractivity contribution in [3.8, 4) is 6.07 Å². The van der Waals surface area contributed by atoms with Gasteiger partial charge in [0.1, 0.15) is 6.07 Å². The highest BCUT2D eigenvalue weighted by Crippen LogP contribution is 2.20. The molecule has 116 valence electrons. The van der Waals surface area contributed by atoms with Crippen LogP contribution in [0.25, 0.3) is 0 Å². The third-order valence-electron chi connectivity index (χ3n) is 3.01. The highest BCUT2D eigenvalue weighted by Gasteiger charge is 2.10. The van der Waals surface area contributed by atoms with Crippen LogP contribution in [0.15, 0.2) is 22.7 Å². The highest BCUT2D eigenvalue weighted by molar-refractivity contribution is 9.10. The number of hydrogen-bond donors (Lipinski definition) is 2. The topological polar surface area (TPSA) is 65.3 Å². The zero-order valence-electron chi connectivity index (χ0n) is 12.8. The van der Waals surface area contributed by atoms with E-state index >= 15 is 0 Å². The van der Waals surface area contributed by atoms with Crippen LogP contribution in [-0.4, -0.2) is 30.5 Å². The van der Waals surface area contributed by atoms with E-state index < -0.39 is 6.10 Å². The first-order chi connectivity index (χ1) is 9.92. The second kappa shape index (κ2) is 9.04. The number of benzene rings is 1. The van der Waals surface area contributed by atoms with E-state index in [4.69, 9.17) is 10.00 Å². The van der Waals surface area contributed by atoms with E-state index in [2.05, 4.69) is 41.2 Å². The molecule has 0 bridgehead atoms. The maximum atomic E-state index is 9.94. The Bertz CT molecular complexity index is 486. The molecule has 0 heterocycles. The number of anilines is 1. The van der Waals surface area contributed by atoms with Gasteiger partial charge in [-0.1, -0.05) is 29.8 Å². The smallest absolute Gasteiger partial charge is 0.101 e. The van der Waals surface area contributed by atoms with Crippen molar-refractivity contribution in [1.82, 2.24) is 0 Å². The number of ether oxygens (including phenoxy) is 1. The molecule has 0 saturated carbocycles. The lowest BCUT2D eigenvalue weighted by Gasteiger charge is -2.19. The molecule has 1 rings (SSSR count). The van der Waals surface area contributed by atoms with E-state index in [1.807, 2.05) is 19.1 Å². The Balaban J connectivity index is 2.41. The molecule has 0 aliphatic carbocycles. The summed E-state index contributed by atoms with van der Waals surface area (Å²) in [6, 6.07) is 7.50. The fraction of sp³-hybridized carbons (Fsp3) is 0.562. The third kappa shape index (κ3) is 6.94. The van der Waals surface area contributed by atoms with Crippen molar-refractivity contribution in [2.75, 3.05) is 18.5 Å². The number of nitrogens with one attached hydrogen (secondary N) is 1. The molecule has 1 aromatic rings.